The van der Waals surface area contributed by atoms with Crippen molar-refractivity contribution in [3.8, 4) is 5.75 Å². The summed E-state index contributed by atoms with van der Waals surface area (Å²) in [6.07, 6.45) is 3.82. The van der Waals surface area contributed by atoms with Crippen LogP contribution >= 0.6 is 18.7 Å². The van der Waals surface area contributed by atoms with E-state index >= 15 is 0 Å². The molecule has 206 valence electrons. The quantitative estimate of drug-likeness (QED) is 0.293. The van der Waals surface area contributed by atoms with Crippen LogP contribution in [0.5, 0.6) is 5.75 Å². The second-order valence-electron chi connectivity index (χ2n) is 10.9. The maximum atomic E-state index is 12.8. The van der Waals surface area contributed by atoms with Gasteiger partial charge in [0.25, 0.3) is 0 Å². The van der Waals surface area contributed by atoms with Gasteiger partial charge in [-0.2, -0.15) is 4.98 Å². The van der Waals surface area contributed by atoms with E-state index in [0.29, 0.717) is 29.1 Å². The van der Waals surface area contributed by atoms with Gasteiger partial charge in [0, 0.05) is 36.2 Å². The number of rotatable bonds is 8. The van der Waals surface area contributed by atoms with E-state index in [4.69, 9.17) is 16.3 Å². The Morgan fingerprint density at radius 1 is 1.18 bits per heavy atom. The fourth-order valence-electron chi connectivity index (χ4n) is 4.92. The lowest BCUT2D eigenvalue weighted by Gasteiger charge is -2.44. The molecule has 9 nitrogen and oxygen atoms in total. The van der Waals surface area contributed by atoms with Crippen molar-refractivity contribution in [2.24, 2.45) is 0 Å². The SMILES string of the molecule is CN(C)CCN1C=C2COc3cc(Nc4ncc(Cl)c(Nc5ccccc5P(C)(C)=O)n4)ccc3[N+]2(C)CC1. The second kappa shape index (κ2) is 10.8. The molecule has 2 aliphatic rings. The number of quaternary nitrogens is 1. The summed E-state index contributed by atoms with van der Waals surface area (Å²) in [6.45, 7) is 8.05. The molecule has 39 heavy (non-hydrogen) atoms. The molecule has 1 atom stereocenters. The van der Waals surface area contributed by atoms with Crippen LogP contribution in [-0.2, 0) is 4.57 Å². The highest BCUT2D eigenvalue weighted by Gasteiger charge is 2.41. The standard InChI is InChI=1S/C28H36ClN7O2P/c1-34(2)12-13-35-14-15-36(3)21(18-35)19-38-25-16-20(10-11-24(25)36)31-28-30-17-22(29)27(33-28)32-23-8-6-7-9-26(23)39(4,5)37/h6-11,16-18H,12-15,19H2,1-5H3,(H2,30,31,32,33)/q+1. The molecule has 0 radical (unpaired) electrons. The molecular weight excluding hydrogens is 533 g/mol. The Morgan fingerprint density at radius 2 is 1.97 bits per heavy atom. The Balaban J connectivity index is 1.35. The molecule has 1 aromatic heterocycles. The average molecular weight is 569 g/mol. The Morgan fingerprint density at radius 3 is 2.74 bits per heavy atom. The van der Waals surface area contributed by atoms with Gasteiger partial charge in [-0.3, -0.25) is 4.48 Å². The zero-order valence-corrected chi connectivity index (χ0v) is 24.8. The Labute approximate surface area is 235 Å². The molecule has 0 saturated heterocycles. The number of likely N-dealkylation sites (N-methyl/N-ethyl adjacent to an activating group) is 2. The van der Waals surface area contributed by atoms with Crippen molar-refractivity contribution in [2.75, 3.05) is 77.9 Å². The Bertz CT molecular complexity index is 1460. The zero-order valence-electron chi connectivity index (χ0n) is 23.1. The summed E-state index contributed by atoms with van der Waals surface area (Å²) >= 11 is 6.42. The highest BCUT2D eigenvalue weighted by atomic mass is 35.5. The van der Waals surface area contributed by atoms with E-state index in [1.807, 2.05) is 36.4 Å². The van der Waals surface area contributed by atoms with E-state index in [1.165, 1.54) is 5.70 Å². The van der Waals surface area contributed by atoms with Gasteiger partial charge in [-0.1, -0.05) is 23.7 Å². The Kier molecular flexibility index (Phi) is 7.62. The monoisotopic (exact) mass is 568 g/mol. The average Bonchev–Trinajstić information content (AvgIpc) is 2.89. The van der Waals surface area contributed by atoms with E-state index in [-0.39, 0.29) is 0 Å². The number of halogens is 1. The van der Waals surface area contributed by atoms with Crippen molar-refractivity contribution in [3.63, 3.8) is 0 Å². The smallest absolute Gasteiger partial charge is 0.229 e. The highest BCUT2D eigenvalue weighted by molar-refractivity contribution is 7.70. The van der Waals surface area contributed by atoms with Crippen LogP contribution in [0.4, 0.5) is 28.8 Å². The zero-order chi connectivity index (χ0) is 27.8. The van der Waals surface area contributed by atoms with Gasteiger partial charge in [-0.15, -0.1) is 0 Å². The summed E-state index contributed by atoms with van der Waals surface area (Å²) in [4.78, 5) is 13.6. The van der Waals surface area contributed by atoms with Crippen LogP contribution in [0, 0.1) is 0 Å². The third-order valence-electron chi connectivity index (χ3n) is 7.24. The van der Waals surface area contributed by atoms with Crippen LogP contribution in [0.3, 0.4) is 0 Å². The molecule has 5 rings (SSSR count). The number of aromatic nitrogens is 2. The molecule has 0 bridgehead atoms. The molecule has 2 aromatic carbocycles. The first kappa shape index (κ1) is 27.5. The lowest BCUT2D eigenvalue weighted by Crippen LogP contribution is -2.55. The number of anilines is 4. The molecule has 11 heteroatoms. The number of ether oxygens (including phenoxy) is 1. The number of hydrogen-bond acceptors (Lipinski definition) is 8. The molecule has 3 heterocycles. The third kappa shape index (κ3) is 5.92. The first-order valence-electron chi connectivity index (χ1n) is 13.0. The largest absolute Gasteiger partial charge is 0.477 e. The van der Waals surface area contributed by atoms with Crippen LogP contribution < -0.4 is 25.2 Å². The number of hydrogen-bond donors (Lipinski definition) is 2. The summed E-state index contributed by atoms with van der Waals surface area (Å²) < 4.78 is 19.7. The Hall–Kier alpha value is -3.10. The van der Waals surface area contributed by atoms with Crippen molar-refractivity contribution in [3.05, 3.63) is 65.6 Å². The molecule has 3 aromatic rings. The molecule has 0 aliphatic carbocycles. The predicted octanol–water partition coefficient (Wildman–Crippen LogP) is 4.91. The van der Waals surface area contributed by atoms with Crippen molar-refractivity contribution >= 4 is 52.9 Å². The normalized spacial score (nSPS) is 18.6. The number of nitrogens with zero attached hydrogens (tertiary/aromatic N) is 5. The van der Waals surface area contributed by atoms with Crippen molar-refractivity contribution in [2.45, 2.75) is 0 Å². The van der Waals surface area contributed by atoms with E-state index < -0.39 is 7.14 Å². The number of fused-ring (bicyclic) bond motifs is 3. The van der Waals surface area contributed by atoms with E-state index in [0.717, 1.165) is 53.1 Å². The molecule has 0 amide bonds. The summed E-state index contributed by atoms with van der Waals surface area (Å²) in [6, 6.07) is 13.6. The van der Waals surface area contributed by atoms with Gasteiger partial charge in [0.15, 0.2) is 29.6 Å². The molecule has 0 saturated carbocycles. The lowest BCUT2D eigenvalue weighted by molar-refractivity contribution is 0.195. The second-order valence-corrected chi connectivity index (χ2v) is 14.4. The van der Waals surface area contributed by atoms with Crippen LogP contribution in [0.1, 0.15) is 0 Å². The van der Waals surface area contributed by atoms with Gasteiger partial charge in [0.1, 0.15) is 18.7 Å². The maximum absolute atomic E-state index is 12.8. The van der Waals surface area contributed by atoms with Crippen LogP contribution in [0.25, 0.3) is 0 Å². The number of para-hydroxylation sites is 1. The number of benzene rings is 2. The predicted molar refractivity (Wildman–Crippen MR) is 162 cm³/mol. The van der Waals surface area contributed by atoms with Gasteiger partial charge < -0.3 is 29.7 Å². The van der Waals surface area contributed by atoms with Crippen molar-refractivity contribution in [1.29, 1.82) is 0 Å². The first-order chi connectivity index (χ1) is 18.5. The minimum absolute atomic E-state index is 0.368. The van der Waals surface area contributed by atoms with Gasteiger partial charge in [0.05, 0.1) is 31.7 Å². The molecule has 1 unspecified atom stereocenters. The summed E-state index contributed by atoms with van der Waals surface area (Å²) in [5, 5.41) is 7.63. The van der Waals surface area contributed by atoms with Crippen molar-refractivity contribution < 1.29 is 9.30 Å². The fourth-order valence-corrected chi connectivity index (χ4v) is 6.22. The van der Waals surface area contributed by atoms with Gasteiger partial charge in [-0.25, -0.2) is 4.98 Å². The third-order valence-corrected chi connectivity index (χ3v) is 9.07. The van der Waals surface area contributed by atoms with Gasteiger partial charge >= 0.3 is 0 Å². The summed E-state index contributed by atoms with van der Waals surface area (Å²) in [5.74, 6) is 1.68. The van der Waals surface area contributed by atoms with Crippen LogP contribution in [-0.4, -0.2) is 87.0 Å². The molecule has 0 fully saturated rings. The van der Waals surface area contributed by atoms with Crippen molar-refractivity contribution in [1.82, 2.24) is 24.3 Å². The molecule has 2 aliphatic heterocycles. The molecule has 2 N–H and O–H groups in total. The van der Waals surface area contributed by atoms with E-state index in [9.17, 15) is 4.57 Å². The highest BCUT2D eigenvalue weighted by Crippen LogP contribution is 2.43. The first-order valence-corrected chi connectivity index (χ1v) is 15.9. The molecular formula is C28H36ClN7O2P+. The molecule has 0 spiro atoms. The minimum atomic E-state index is -2.50. The van der Waals surface area contributed by atoms with E-state index in [1.54, 1.807) is 19.5 Å². The van der Waals surface area contributed by atoms with Crippen LogP contribution in [0.15, 0.2) is 60.6 Å². The fraction of sp³-hybridized carbons (Fsp3) is 0.357. The van der Waals surface area contributed by atoms with Gasteiger partial charge in [-0.05, 0) is 45.6 Å². The van der Waals surface area contributed by atoms with Gasteiger partial charge in [0.2, 0.25) is 5.95 Å². The number of nitrogens with one attached hydrogen (secondary N) is 2. The lowest BCUT2D eigenvalue weighted by atomic mass is 10.1. The minimum Gasteiger partial charge on any atom is -0.477 e. The topological polar surface area (TPSA) is 82.6 Å². The summed E-state index contributed by atoms with van der Waals surface area (Å²) in [5.41, 5.74) is 3.93. The van der Waals surface area contributed by atoms with Crippen LogP contribution in [0.2, 0.25) is 5.02 Å². The van der Waals surface area contributed by atoms with E-state index in [2.05, 4.69) is 63.8 Å². The maximum Gasteiger partial charge on any atom is 0.229 e. The summed E-state index contributed by atoms with van der Waals surface area (Å²) in [7, 11) is 3.96.